The average molecular weight is 405 g/mol. The number of hydrogen-bond donors (Lipinski definition) is 2. The third-order valence-electron chi connectivity index (χ3n) is 5.24. The van der Waals surface area contributed by atoms with E-state index < -0.39 is 0 Å². The van der Waals surface area contributed by atoms with Crippen molar-refractivity contribution in [3.8, 4) is 17.2 Å². The van der Waals surface area contributed by atoms with E-state index in [2.05, 4.69) is 0 Å². The van der Waals surface area contributed by atoms with Gasteiger partial charge in [-0.2, -0.15) is 0 Å². The summed E-state index contributed by atoms with van der Waals surface area (Å²) < 4.78 is 1.98. The molecule has 1 saturated heterocycles. The molecular formula is C23H23N3O4. The number of phenols is 2. The molecule has 1 aliphatic heterocycles. The number of nitrogens with zero attached hydrogens (tertiary/aromatic N) is 3. The molecule has 0 bridgehead atoms. The smallest absolute Gasteiger partial charge is 0.254 e. The van der Waals surface area contributed by atoms with E-state index in [4.69, 9.17) is 0 Å². The molecule has 7 nitrogen and oxygen atoms in total. The van der Waals surface area contributed by atoms with Crippen molar-refractivity contribution < 1.29 is 19.8 Å². The lowest BCUT2D eigenvalue weighted by Crippen LogP contribution is -2.37. The van der Waals surface area contributed by atoms with Crippen LogP contribution in [-0.2, 0) is 0 Å². The molecular weight excluding hydrogens is 382 g/mol. The molecule has 1 fully saturated rings. The predicted octanol–water partition coefficient (Wildman–Crippen LogP) is 2.88. The Hall–Kier alpha value is -3.74. The number of carbonyl (C=O) groups excluding carboxylic acids is 2. The van der Waals surface area contributed by atoms with Gasteiger partial charge in [0.05, 0.1) is 0 Å². The Bertz CT molecular complexity index is 1020. The van der Waals surface area contributed by atoms with Gasteiger partial charge in [0.15, 0.2) is 0 Å². The van der Waals surface area contributed by atoms with Crippen LogP contribution < -0.4 is 0 Å². The van der Waals surface area contributed by atoms with E-state index in [1.165, 1.54) is 18.2 Å². The largest absolute Gasteiger partial charge is 0.508 e. The van der Waals surface area contributed by atoms with Gasteiger partial charge in [-0.05, 0) is 55.0 Å². The van der Waals surface area contributed by atoms with Gasteiger partial charge in [-0.15, -0.1) is 0 Å². The highest BCUT2D eigenvalue weighted by molar-refractivity contribution is 5.96. The third kappa shape index (κ3) is 4.15. The monoisotopic (exact) mass is 405 g/mol. The fourth-order valence-corrected chi connectivity index (χ4v) is 3.69. The average Bonchev–Trinajstić information content (AvgIpc) is 3.17. The van der Waals surface area contributed by atoms with Crippen LogP contribution in [0.25, 0.3) is 5.69 Å². The van der Waals surface area contributed by atoms with Crippen LogP contribution in [0.1, 0.15) is 27.1 Å². The maximum Gasteiger partial charge on any atom is 0.254 e. The van der Waals surface area contributed by atoms with E-state index >= 15 is 0 Å². The second-order valence-electron chi connectivity index (χ2n) is 7.31. The molecule has 154 valence electrons. The predicted molar refractivity (Wildman–Crippen MR) is 112 cm³/mol. The summed E-state index contributed by atoms with van der Waals surface area (Å²) in [4.78, 5) is 29.1. The Labute approximate surface area is 174 Å². The number of hydrogen-bond acceptors (Lipinski definition) is 4. The van der Waals surface area contributed by atoms with E-state index in [0.717, 1.165) is 5.69 Å². The number of carbonyl (C=O) groups is 2. The lowest BCUT2D eigenvalue weighted by molar-refractivity contribution is 0.0718. The van der Waals surface area contributed by atoms with Gasteiger partial charge in [-0.25, -0.2) is 0 Å². The molecule has 0 saturated carbocycles. The van der Waals surface area contributed by atoms with Crippen LogP contribution in [0.15, 0.2) is 67.0 Å². The SMILES string of the molecule is O=C(c1ccc(-n2cccc2)cc1)N1CCCN(C(=O)c2cc(O)cc(O)c2)CC1. The summed E-state index contributed by atoms with van der Waals surface area (Å²) in [6.07, 6.45) is 4.55. The Morgan fingerprint density at radius 2 is 1.23 bits per heavy atom. The number of aromatic nitrogens is 1. The van der Waals surface area contributed by atoms with Gasteiger partial charge in [0.2, 0.25) is 0 Å². The lowest BCUT2D eigenvalue weighted by atomic mass is 10.1. The molecule has 0 aliphatic carbocycles. The van der Waals surface area contributed by atoms with Gasteiger partial charge in [0, 0.05) is 61.5 Å². The molecule has 0 spiro atoms. The van der Waals surface area contributed by atoms with Gasteiger partial charge in [0.25, 0.3) is 11.8 Å². The third-order valence-corrected chi connectivity index (χ3v) is 5.24. The van der Waals surface area contributed by atoms with Crippen molar-refractivity contribution in [2.45, 2.75) is 6.42 Å². The summed E-state index contributed by atoms with van der Waals surface area (Å²) in [5.74, 6) is -0.647. The second-order valence-corrected chi connectivity index (χ2v) is 7.31. The Balaban J connectivity index is 1.42. The Kier molecular flexibility index (Phi) is 5.43. The topological polar surface area (TPSA) is 86.0 Å². The first-order valence-electron chi connectivity index (χ1n) is 9.86. The first kappa shape index (κ1) is 19.6. The summed E-state index contributed by atoms with van der Waals surface area (Å²) in [6, 6.07) is 15.2. The number of phenolic OH excluding ortho intramolecular Hbond substituents is 2. The highest BCUT2D eigenvalue weighted by atomic mass is 16.3. The van der Waals surface area contributed by atoms with Crippen LogP contribution in [0.4, 0.5) is 0 Å². The molecule has 3 aromatic rings. The van der Waals surface area contributed by atoms with Crippen molar-refractivity contribution in [2.24, 2.45) is 0 Å². The minimum atomic E-state index is -0.272. The number of benzene rings is 2. The van der Waals surface area contributed by atoms with Gasteiger partial charge in [-0.3, -0.25) is 9.59 Å². The van der Waals surface area contributed by atoms with Crippen molar-refractivity contribution in [3.05, 3.63) is 78.1 Å². The van der Waals surface area contributed by atoms with Crippen LogP contribution >= 0.6 is 0 Å². The second kappa shape index (κ2) is 8.32. The van der Waals surface area contributed by atoms with Gasteiger partial charge in [-0.1, -0.05) is 0 Å². The van der Waals surface area contributed by atoms with Crippen molar-refractivity contribution in [2.75, 3.05) is 26.2 Å². The van der Waals surface area contributed by atoms with Crippen LogP contribution in [0.3, 0.4) is 0 Å². The van der Waals surface area contributed by atoms with Crippen LogP contribution in [0.5, 0.6) is 11.5 Å². The highest BCUT2D eigenvalue weighted by Crippen LogP contribution is 2.22. The van der Waals surface area contributed by atoms with E-state index in [1.807, 2.05) is 53.4 Å². The van der Waals surface area contributed by atoms with E-state index in [0.29, 0.717) is 38.2 Å². The van der Waals surface area contributed by atoms with E-state index in [1.54, 1.807) is 9.80 Å². The molecule has 2 heterocycles. The van der Waals surface area contributed by atoms with Crippen molar-refractivity contribution in [1.82, 2.24) is 14.4 Å². The molecule has 7 heteroatoms. The molecule has 0 atom stereocenters. The quantitative estimate of drug-likeness (QED) is 0.702. The highest BCUT2D eigenvalue weighted by Gasteiger charge is 2.24. The van der Waals surface area contributed by atoms with Crippen LogP contribution in [0, 0.1) is 0 Å². The van der Waals surface area contributed by atoms with E-state index in [9.17, 15) is 19.8 Å². The number of rotatable bonds is 3. The molecule has 0 radical (unpaired) electrons. The molecule has 30 heavy (non-hydrogen) atoms. The molecule has 2 amide bonds. The standard InChI is InChI=1S/C23H23N3O4/c27-20-14-18(15-21(28)16-20)23(30)26-11-3-10-25(12-13-26)22(29)17-4-6-19(7-5-17)24-8-1-2-9-24/h1-2,4-9,14-16,27-28H,3,10-13H2. The Morgan fingerprint density at radius 3 is 1.80 bits per heavy atom. The molecule has 4 rings (SSSR count). The van der Waals surface area contributed by atoms with Gasteiger partial charge >= 0.3 is 0 Å². The lowest BCUT2D eigenvalue weighted by Gasteiger charge is -2.22. The zero-order valence-corrected chi connectivity index (χ0v) is 16.4. The molecule has 2 N–H and O–H groups in total. The minimum Gasteiger partial charge on any atom is -0.508 e. The zero-order chi connectivity index (χ0) is 21.1. The zero-order valence-electron chi connectivity index (χ0n) is 16.4. The number of aromatic hydroxyl groups is 2. The fourth-order valence-electron chi connectivity index (χ4n) is 3.69. The van der Waals surface area contributed by atoms with E-state index in [-0.39, 0.29) is 28.9 Å². The fraction of sp³-hybridized carbons (Fsp3) is 0.217. The number of amides is 2. The first-order valence-corrected chi connectivity index (χ1v) is 9.86. The van der Waals surface area contributed by atoms with Gasteiger partial charge in [0.1, 0.15) is 11.5 Å². The molecule has 1 aromatic heterocycles. The maximum absolute atomic E-state index is 12.9. The van der Waals surface area contributed by atoms with Crippen LogP contribution in [-0.4, -0.2) is 62.6 Å². The molecule has 0 unspecified atom stereocenters. The Morgan fingerprint density at radius 1 is 0.700 bits per heavy atom. The summed E-state index contributed by atoms with van der Waals surface area (Å²) in [5.41, 5.74) is 1.83. The summed E-state index contributed by atoms with van der Waals surface area (Å²) in [6.45, 7) is 1.88. The minimum absolute atomic E-state index is 0.0571. The van der Waals surface area contributed by atoms with Crippen molar-refractivity contribution in [1.29, 1.82) is 0 Å². The summed E-state index contributed by atoms with van der Waals surface area (Å²) in [7, 11) is 0. The van der Waals surface area contributed by atoms with Gasteiger partial charge < -0.3 is 24.6 Å². The molecule has 1 aliphatic rings. The normalized spacial score (nSPS) is 14.4. The summed E-state index contributed by atoms with van der Waals surface area (Å²) >= 11 is 0. The first-order chi connectivity index (χ1) is 14.5. The van der Waals surface area contributed by atoms with Crippen molar-refractivity contribution in [3.63, 3.8) is 0 Å². The molecule has 2 aromatic carbocycles. The van der Waals surface area contributed by atoms with Crippen molar-refractivity contribution >= 4 is 11.8 Å². The van der Waals surface area contributed by atoms with Crippen LogP contribution in [0.2, 0.25) is 0 Å². The maximum atomic E-state index is 12.9. The summed E-state index contributed by atoms with van der Waals surface area (Å²) in [5, 5.41) is 19.3.